The zero-order chi connectivity index (χ0) is 19.9. The van der Waals surface area contributed by atoms with E-state index in [1.54, 1.807) is 5.57 Å². The van der Waals surface area contributed by atoms with Crippen LogP contribution in [-0.2, 0) is 0 Å². The van der Waals surface area contributed by atoms with Crippen molar-refractivity contribution < 1.29 is 10.2 Å². The van der Waals surface area contributed by atoms with Crippen molar-refractivity contribution in [2.24, 2.45) is 17.8 Å². The zero-order valence-electron chi connectivity index (χ0n) is 18.0. The summed E-state index contributed by atoms with van der Waals surface area (Å²) in [7, 11) is 4.20. The second kappa shape index (κ2) is 10.8. The topological polar surface area (TPSA) is 55.7 Å². The first kappa shape index (κ1) is 22.6. The second-order valence-corrected chi connectivity index (χ2v) is 9.27. The number of fused-ring (bicyclic) bond motifs is 1. The van der Waals surface area contributed by atoms with Crippen LogP contribution in [0.25, 0.3) is 0 Å². The molecule has 0 aromatic heterocycles. The molecule has 0 aromatic rings. The second-order valence-electron chi connectivity index (χ2n) is 9.27. The number of aliphatic hydroxyl groups excluding tert-OH is 1. The highest BCUT2D eigenvalue weighted by molar-refractivity contribution is 5.21. The van der Waals surface area contributed by atoms with Crippen molar-refractivity contribution in [3.63, 3.8) is 0 Å². The van der Waals surface area contributed by atoms with Gasteiger partial charge in [-0.1, -0.05) is 43.6 Å². The van der Waals surface area contributed by atoms with Gasteiger partial charge in [-0.05, 0) is 71.5 Å². The van der Waals surface area contributed by atoms with Crippen molar-refractivity contribution in [3.05, 3.63) is 23.8 Å². The minimum atomic E-state index is -0.618. The maximum Gasteiger partial charge on any atom is 0.0654 e. The SMILES string of the molecule is CCCC[C@](C)(O)CC=C[C@@H]1[C@H]2CC(CCNCCN(C)C)=C[C@H]2C[C@H]1O. The van der Waals surface area contributed by atoms with E-state index in [-0.39, 0.29) is 12.0 Å². The largest absolute Gasteiger partial charge is 0.392 e. The first-order valence-electron chi connectivity index (χ1n) is 10.9. The summed E-state index contributed by atoms with van der Waals surface area (Å²) in [4.78, 5) is 2.20. The third-order valence-corrected chi connectivity index (χ3v) is 6.29. The van der Waals surface area contributed by atoms with E-state index in [4.69, 9.17) is 0 Å². The molecule has 5 atom stereocenters. The highest BCUT2D eigenvalue weighted by Crippen LogP contribution is 2.47. The van der Waals surface area contributed by atoms with Crippen LogP contribution < -0.4 is 5.32 Å². The molecule has 0 bridgehead atoms. The summed E-state index contributed by atoms with van der Waals surface area (Å²) in [6.45, 7) is 7.24. The normalized spacial score (nSPS) is 30.1. The summed E-state index contributed by atoms with van der Waals surface area (Å²) in [5.41, 5.74) is 0.940. The van der Waals surface area contributed by atoms with Crippen molar-refractivity contribution in [3.8, 4) is 0 Å². The van der Waals surface area contributed by atoms with Gasteiger partial charge in [-0.15, -0.1) is 0 Å². The third kappa shape index (κ3) is 7.34. The Balaban J connectivity index is 1.77. The van der Waals surface area contributed by atoms with Crippen molar-refractivity contribution in [1.29, 1.82) is 0 Å². The molecule has 0 heterocycles. The van der Waals surface area contributed by atoms with E-state index >= 15 is 0 Å². The molecule has 2 aliphatic rings. The van der Waals surface area contributed by atoms with Gasteiger partial charge in [0.2, 0.25) is 0 Å². The molecule has 0 saturated heterocycles. The van der Waals surface area contributed by atoms with E-state index in [0.717, 1.165) is 58.2 Å². The Morgan fingerprint density at radius 3 is 2.81 bits per heavy atom. The molecular formula is C23H42N2O2. The lowest BCUT2D eigenvalue weighted by atomic mass is 9.88. The molecule has 2 rings (SSSR count). The number of nitrogens with one attached hydrogen (secondary N) is 1. The molecule has 2 aliphatic carbocycles. The molecule has 3 N–H and O–H groups in total. The van der Waals surface area contributed by atoms with Crippen LogP contribution in [0.2, 0.25) is 0 Å². The van der Waals surface area contributed by atoms with E-state index in [1.807, 2.05) is 6.92 Å². The molecule has 4 heteroatoms. The van der Waals surface area contributed by atoms with Crippen molar-refractivity contribution in [2.45, 2.75) is 70.5 Å². The van der Waals surface area contributed by atoms with Crippen LogP contribution in [0.3, 0.4) is 0 Å². The number of unbranched alkanes of at least 4 members (excludes halogenated alkanes) is 1. The average Bonchev–Trinajstić information content (AvgIpc) is 3.10. The minimum Gasteiger partial charge on any atom is -0.392 e. The fourth-order valence-electron chi connectivity index (χ4n) is 4.61. The first-order valence-corrected chi connectivity index (χ1v) is 10.9. The van der Waals surface area contributed by atoms with Gasteiger partial charge in [0.05, 0.1) is 11.7 Å². The van der Waals surface area contributed by atoms with Crippen LogP contribution in [0.15, 0.2) is 23.8 Å². The highest BCUT2D eigenvalue weighted by atomic mass is 16.3. The quantitative estimate of drug-likeness (QED) is 0.360. The van der Waals surface area contributed by atoms with E-state index in [1.165, 1.54) is 0 Å². The van der Waals surface area contributed by atoms with Gasteiger partial charge in [-0.25, -0.2) is 0 Å². The van der Waals surface area contributed by atoms with Crippen LogP contribution in [0, 0.1) is 17.8 Å². The van der Waals surface area contributed by atoms with Crippen LogP contribution in [-0.4, -0.2) is 60.5 Å². The summed E-state index contributed by atoms with van der Waals surface area (Å²) in [5, 5.41) is 24.5. The molecule has 0 spiro atoms. The molecule has 4 nitrogen and oxygen atoms in total. The maximum absolute atomic E-state index is 10.5. The molecule has 1 fully saturated rings. The highest BCUT2D eigenvalue weighted by Gasteiger charge is 2.43. The van der Waals surface area contributed by atoms with Gasteiger partial charge in [-0.3, -0.25) is 0 Å². The molecule has 156 valence electrons. The maximum atomic E-state index is 10.5. The predicted octanol–water partition coefficient (Wildman–Crippen LogP) is 3.36. The monoisotopic (exact) mass is 378 g/mol. The van der Waals surface area contributed by atoms with Gasteiger partial charge >= 0.3 is 0 Å². The molecule has 0 aromatic carbocycles. The summed E-state index contributed by atoms with van der Waals surface area (Å²) in [6, 6.07) is 0. The number of aliphatic hydroxyl groups is 2. The molecule has 0 amide bonds. The summed E-state index contributed by atoms with van der Waals surface area (Å²) in [5.74, 6) is 1.33. The van der Waals surface area contributed by atoms with Gasteiger partial charge in [0.1, 0.15) is 0 Å². The lowest BCUT2D eigenvalue weighted by Gasteiger charge is -2.22. The summed E-state index contributed by atoms with van der Waals surface area (Å²) < 4.78 is 0. The van der Waals surface area contributed by atoms with E-state index in [9.17, 15) is 10.2 Å². The average molecular weight is 379 g/mol. The fourth-order valence-corrected chi connectivity index (χ4v) is 4.61. The van der Waals surface area contributed by atoms with Crippen molar-refractivity contribution >= 4 is 0 Å². The number of nitrogens with zero attached hydrogens (tertiary/aromatic N) is 1. The lowest BCUT2D eigenvalue weighted by molar-refractivity contribution is 0.0513. The molecule has 27 heavy (non-hydrogen) atoms. The minimum absolute atomic E-state index is 0.229. The molecular weight excluding hydrogens is 336 g/mol. The summed E-state index contributed by atoms with van der Waals surface area (Å²) in [6.07, 6.45) is 13.4. The standard InChI is InChI=1S/C23H42N2O2/c1-5-6-10-23(2,27)11-7-8-20-21-16-18(15-19(21)17-22(20)26)9-12-24-13-14-25(3)4/h7-8,15,19-22,24,26-27H,5-6,9-14,16-17H2,1-4H3/t19-,20+,21-,22+,23-/m0/s1. The number of likely N-dealkylation sites (N-methyl/N-ethyl adjacent to an activating group) is 1. The number of hydrogen-bond acceptors (Lipinski definition) is 4. The Kier molecular flexibility index (Phi) is 9.00. The third-order valence-electron chi connectivity index (χ3n) is 6.29. The first-order chi connectivity index (χ1) is 12.8. The lowest BCUT2D eigenvalue weighted by Crippen LogP contribution is -2.27. The van der Waals surface area contributed by atoms with Gasteiger partial charge in [0, 0.05) is 19.0 Å². The van der Waals surface area contributed by atoms with Gasteiger partial charge in [0.15, 0.2) is 0 Å². The van der Waals surface area contributed by atoms with Crippen molar-refractivity contribution in [1.82, 2.24) is 10.2 Å². The Morgan fingerprint density at radius 2 is 2.11 bits per heavy atom. The smallest absolute Gasteiger partial charge is 0.0654 e. The molecule has 1 saturated carbocycles. The van der Waals surface area contributed by atoms with Crippen molar-refractivity contribution in [2.75, 3.05) is 33.7 Å². The Hall–Kier alpha value is -0.680. The van der Waals surface area contributed by atoms with Crippen LogP contribution >= 0.6 is 0 Å². The number of hydrogen-bond donors (Lipinski definition) is 3. The van der Waals surface area contributed by atoms with E-state index in [0.29, 0.717) is 18.3 Å². The van der Waals surface area contributed by atoms with Crippen LogP contribution in [0.5, 0.6) is 0 Å². The Bertz CT molecular complexity index is 499. The van der Waals surface area contributed by atoms with E-state index < -0.39 is 5.60 Å². The molecule has 0 unspecified atom stereocenters. The van der Waals surface area contributed by atoms with E-state index in [2.05, 4.69) is 49.5 Å². The van der Waals surface area contributed by atoms with Gasteiger partial charge in [0.25, 0.3) is 0 Å². The molecule has 0 aliphatic heterocycles. The number of rotatable bonds is 12. The van der Waals surface area contributed by atoms with Gasteiger partial charge in [-0.2, -0.15) is 0 Å². The van der Waals surface area contributed by atoms with Gasteiger partial charge < -0.3 is 20.4 Å². The van der Waals surface area contributed by atoms with Crippen LogP contribution in [0.4, 0.5) is 0 Å². The van der Waals surface area contributed by atoms with Crippen LogP contribution in [0.1, 0.15) is 58.8 Å². The summed E-state index contributed by atoms with van der Waals surface area (Å²) >= 11 is 0. The Morgan fingerprint density at radius 1 is 1.33 bits per heavy atom. The molecule has 0 radical (unpaired) electrons. The number of allylic oxidation sites excluding steroid dienone is 1. The Labute approximate surface area is 166 Å². The predicted molar refractivity (Wildman–Crippen MR) is 114 cm³/mol. The zero-order valence-corrected chi connectivity index (χ0v) is 18.0. The fraction of sp³-hybridized carbons (Fsp3) is 0.826.